The highest BCUT2D eigenvalue weighted by Crippen LogP contribution is 2.43. The lowest BCUT2D eigenvalue weighted by atomic mass is 9.77. The molecule has 214 valence electrons. The van der Waals surface area contributed by atoms with Gasteiger partial charge in [0, 0.05) is 18.8 Å². The van der Waals surface area contributed by atoms with Crippen LogP contribution in [-0.4, -0.2) is 27.3 Å². The second-order valence-electron chi connectivity index (χ2n) is 10.4. The smallest absolute Gasteiger partial charge is 0.320 e. The van der Waals surface area contributed by atoms with Crippen LogP contribution in [0.4, 0.5) is 16.4 Å². The van der Waals surface area contributed by atoms with Crippen molar-refractivity contribution in [2.75, 3.05) is 17.2 Å². The first-order valence-electron chi connectivity index (χ1n) is 14.5. The fraction of sp³-hybridized carbons (Fsp3) is 0.139. The Hall–Kier alpha value is -5.43. The predicted octanol–water partition coefficient (Wildman–Crippen LogP) is 7.59. The van der Waals surface area contributed by atoms with E-state index in [1.54, 1.807) is 6.20 Å². The molecule has 0 saturated carbocycles. The molecular formula is C36H34N6O. The van der Waals surface area contributed by atoms with E-state index < -0.39 is 5.54 Å². The van der Waals surface area contributed by atoms with Crippen molar-refractivity contribution < 1.29 is 4.79 Å². The fourth-order valence-electron chi connectivity index (χ4n) is 5.71. The van der Waals surface area contributed by atoms with Gasteiger partial charge in [-0.2, -0.15) is 5.10 Å². The predicted molar refractivity (Wildman–Crippen MR) is 173 cm³/mol. The molecule has 2 aromatic heterocycles. The SMILES string of the molecule is CCNc1nn(C(c2ccccc2)(c2ccccc2)c2ccccc2)c2cc(NC(=O)NC(C)c3ccccc3)ncc12. The molecule has 7 nitrogen and oxygen atoms in total. The molecule has 6 aromatic rings. The van der Waals surface area contributed by atoms with Crippen molar-refractivity contribution in [3.63, 3.8) is 0 Å². The van der Waals surface area contributed by atoms with Crippen molar-refractivity contribution in [1.29, 1.82) is 0 Å². The minimum absolute atomic E-state index is 0.169. The van der Waals surface area contributed by atoms with Gasteiger partial charge in [-0.15, -0.1) is 0 Å². The van der Waals surface area contributed by atoms with E-state index in [0.29, 0.717) is 12.4 Å². The van der Waals surface area contributed by atoms with Crippen LogP contribution in [0.25, 0.3) is 10.9 Å². The lowest BCUT2D eigenvalue weighted by Gasteiger charge is -2.37. The van der Waals surface area contributed by atoms with Crippen molar-refractivity contribution in [3.8, 4) is 0 Å². The van der Waals surface area contributed by atoms with Crippen LogP contribution in [0.5, 0.6) is 0 Å². The van der Waals surface area contributed by atoms with Gasteiger partial charge in [0.05, 0.1) is 16.9 Å². The van der Waals surface area contributed by atoms with Gasteiger partial charge in [0.1, 0.15) is 11.4 Å². The first-order chi connectivity index (χ1) is 21.1. The summed E-state index contributed by atoms with van der Waals surface area (Å²) in [6.45, 7) is 4.70. The Balaban J connectivity index is 1.53. The second-order valence-corrected chi connectivity index (χ2v) is 10.4. The Morgan fingerprint density at radius 2 is 1.30 bits per heavy atom. The third kappa shape index (κ3) is 5.33. The average Bonchev–Trinajstić information content (AvgIpc) is 3.41. The number of rotatable bonds is 9. The van der Waals surface area contributed by atoms with Crippen LogP contribution in [0.3, 0.4) is 0 Å². The number of nitrogens with one attached hydrogen (secondary N) is 3. The van der Waals surface area contributed by atoms with Crippen LogP contribution < -0.4 is 16.0 Å². The van der Waals surface area contributed by atoms with Crippen LogP contribution in [-0.2, 0) is 5.54 Å². The number of benzene rings is 4. The molecule has 0 spiro atoms. The molecule has 2 heterocycles. The molecule has 1 atom stereocenters. The van der Waals surface area contributed by atoms with Crippen LogP contribution in [0.15, 0.2) is 134 Å². The van der Waals surface area contributed by atoms with Gasteiger partial charge in [0.25, 0.3) is 0 Å². The number of amides is 2. The molecule has 3 N–H and O–H groups in total. The van der Waals surface area contributed by atoms with Gasteiger partial charge in [-0.3, -0.25) is 5.32 Å². The summed E-state index contributed by atoms with van der Waals surface area (Å²) < 4.78 is 2.07. The van der Waals surface area contributed by atoms with Crippen LogP contribution >= 0.6 is 0 Å². The summed E-state index contributed by atoms with van der Waals surface area (Å²) in [5.74, 6) is 1.16. The fourth-order valence-corrected chi connectivity index (χ4v) is 5.71. The highest BCUT2D eigenvalue weighted by Gasteiger charge is 2.41. The number of pyridine rings is 1. The molecule has 0 fully saturated rings. The minimum atomic E-state index is -0.821. The highest BCUT2D eigenvalue weighted by atomic mass is 16.2. The summed E-state index contributed by atoms with van der Waals surface area (Å²) in [4.78, 5) is 17.7. The normalized spacial score (nSPS) is 12.0. The summed E-state index contributed by atoms with van der Waals surface area (Å²) in [6.07, 6.45) is 1.78. The molecule has 0 aliphatic heterocycles. The molecule has 6 rings (SSSR count). The van der Waals surface area contributed by atoms with Crippen molar-refractivity contribution in [1.82, 2.24) is 20.1 Å². The molecule has 0 saturated heterocycles. The van der Waals surface area contributed by atoms with Gasteiger partial charge in [0.15, 0.2) is 5.82 Å². The monoisotopic (exact) mass is 566 g/mol. The van der Waals surface area contributed by atoms with Crippen LogP contribution in [0.2, 0.25) is 0 Å². The van der Waals surface area contributed by atoms with Gasteiger partial charge >= 0.3 is 6.03 Å². The Bertz CT molecular complexity index is 1710. The average molecular weight is 567 g/mol. The molecule has 0 radical (unpaired) electrons. The number of hydrogen-bond donors (Lipinski definition) is 3. The summed E-state index contributed by atoms with van der Waals surface area (Å²) in [5.41, 5.74) is 4.20. The quantitative estimate of drug-likeness (QED) is 0.158. The highest BCUT2D eigenvalue weighted by molar-refractivity contribution is 5.95. The molecule has 43 heavy (non-hydrogen) atoms. The van der Waals surface area contributed by atoms with E-state index in [1.165, 1.54) is 0 Å². The van der Waals surface area contributed by atoms with E-state index >= 15 is 0 Å². The molecule has 4 aromatic carbocycles. The number of hydrogen-bond acceptors (Lipinski definition) is 4. The van der Waals surface area contributed by atoms with Crippen molar-refractivity contribution in [2.24, 2.45) is 0 Å². The van der Waals surface area contributed by atoms with E-state index in [-0.39, 0.29) is 12.1 Å². The van der Waals surface area contributed by atoms with Gasteiger partial charge < -0.3 is 10.6 Å². The zero-order valence-corrected chi connectivity index (χ0v) is 24.2. The van der Waals surface area contributed by atoms with Crippen molar-refractivity contribution in [2.45, 2.75) is 25.4 Å². The maximum absolute atomic E-state index is 13.1. The third-order valence-electron chi connectivity index (χ3n) is 7.69. The van der Waals surface area contributed by atoms with Crippen LogP contribution in [0.1, 0.15) is 42.1 Å². The molecule has 0 aliphatic carbocycles. The van der Waals surface area contributed by atoms with E-state index in [9.17, 15) is 4.79 Å². The number of aromatic nitrogens is 3. The summed E-state index contributed by atoms with van der Waals surface area (Å²) in [5, 5.41) is 15.5. The van der Waals surface area contributed by atoms with Gasteiger partial charge in [-0.25, -0.2) is 14.5 Å². The maximum atomic E-state index is 13.1. The molecule has 1 unspecified atom stereocenters. The van der Waals surface area contributed by atoms with E-state index in [4.69, 9.17) is 5.10 Å². The number of carbonyl (C=O) groups is 1. The Morgan fingerprint density at radius 3 is 1.81 bits per heavy atom. The summed E-state index contributed by atoms with van der Waals surface area (Å²) in [6, 6.07) is 42.5. The van der Waals surface area contributed by atoms with Crippen molar-refractivity contribution >= 4 is 28.6 Å². The molecular weight excluding hydrogens is 532 g/mol. The number of nitrogens with zero attached hydrogens (tertiary/aromatic N) is 3. The second kappa shape index (κ2) is 12.2. The third-order valence-corrected chi connectivity index (χ3v) is 7.69. The maximum Gasteiger partial charge on any atom is 0.320 e. The standard InChI is InChI=1S/C36H34N6O/c1-3-37-34-31-25-38-33(40-35(43)39-26(2)27-16-8-4-9-17-27)24-32(31)42(41-34)36(28-18-10-5-11-19-28,29-20-12-6-13-21-29)30-22-14-7-15-23-30/h4-26H,3H2,1-2H3,(H,37,41)(H2,38,39,40,43). The zero-order chi connectivity index (χ0) is 29.6. The minimum Gasteiger partial charge on any atom is -0.368 e. The molecule has 0 bridgehead atoms. The first kappa shape index (κ1) is 27.7. The topological polar surface area (TPSA) is 83.9 Å². The van der Waals surface area contributed by atoms with Gasteiger partial charge in [-0.05, 0) is 36.1 Å². The van der Waals surface area contributed by atoms with E-state index in [2.05, 4.69) is 98.4 Å². The number of anilines is 2. The number of carbonyl (C=O) groups excluding carboxylic acids is 1. The Labute approximate surface area is 251 Å². The lowest BCUT2D eigenvalue weighted by Crippen LogP contribution is -2.38. The van der Waals surface area contributed by atoms with E-state index in [0.717, 1.165) is 39.0 Å². The van der Waals surface area contributed by atoms with E-state index in [1.807, 2.05) is 68.4 Å². The zero-order valence-electron chi connectivity index (χ0n) is 24.2. The summed E-state index contributed by atoms with van der Waals surface area (Å²) in [7, 11) is 0. The number of urea groups is 1. The Kier molecular flexibility index (Phi) is 7.87. The molecule has 2 amide bonds. The lowest BCUT2D eigenvalue weighted by molar-refractivity contribution is 0.249. The Morgan fingerprint density at radius 1 is 0.791 bits per heavy atom. The largest absolute Gasteiger partial charge is 0.368 e. The summed E-state index contributed by atoms with van der Waals surface area (Å²) >= 11 is 0. The molecule has 7 heteroatoms. The van der Waals surface area contributed by atoms with Gasteiger partial charge in [-0.1, -0.05) is 121 Å². The first-order valence-corrected chi connectivity index (χ1v) is 14.5. The number of fused-ring (bicyclic) bond motifs is 1. The van der Waals surface area contributed by atoms with Crippen LogP contribution in [0, 0.1) is 0 Å². The molecule has 0 aliphatic rings. The van der Waals surface area contributed by atoms with Gasteiger partial charge in [0.2, 0.25) is 0 Å². The van der Waals surface area contributed by atoms with Crippen molar-refractivity contribution in [3.05, 3.63) is 156 Å².